The highest BCUT2D eigenvalue weighted by molar-refractivity contribution is 6.03. The molecule has 2 heterocycles. The van der Waals surface area contributed by atoms with Crippen molar-refractivity contribution in [2.24, 2.45) is 0 Å². The zero-order chi connectivity index (χ0) is 11.5. The number of hydrogen-bond acceptors (Lipinski definition) is 4. The topological polar surface area (TPSA) is 96.7 Å². The summed E-state index contributed by atoms with van der Waals surface area (Å²) in [5.41, 5.74) is 6.71. The first-order chi connectivity index (χ1) is 7.65. The van der Waals surface area contributed by atoms with Crippen LogP contribution in [0.15, 0.2) is 24.5 Å². The molecule has 2 rings (SSSR count). The van der Waals surface area contributed by atoms with Crippen LogP contribution >= 0.6 is 0 Å². The second-order valence-electron chi connectivity index (χ2n) is 3.31. The summed E-state index contributed by atoms with van der Waals surface area (Å²) in [7, 11) is 0. The van der Waals surface area contributed by atoms with Gasteiger partial charge in [-0.25, -0.2) is 9.97 Å². The van der Waals surface area contributed by atoms with Gasteiger partial charge in [-0.15, -0.1) is 0 Å². The van der Waals surface area contributed by atoms with Crippen LogP contribution in [0.3, 0.4) is 0 Å². The molecule has 16 heavy (non-hydrogen) atoms. The van der Waals surface area contributed by atoms with Gasteiger partial charge in [-0.05, 0) is 19.1 Å². The number of nitrogens with zero attached hydrogens (tertiary/aromatic N) is 2. The summed E-state index contributed by atoms with van der Waals surface area (Å²) in [6.07, 6.45) is 3.18. The largest absolute Gasteiger partial charge is 0.384 e. The number of rotatable bonds is 2. The van der Waals surface area contributed by atoms with Crippen LogP contribution in [0.1, 0.15) is 16.1 Å². The van der Waals surface area contributed by atoms with E-state index in [-0.39, 0.29) is 5.91 Å². The Labute approximate surface area is 91.9 Å². The number of nitrogen functional groups attached to an aromatic ring is 1. The summed E-state index contributed by atoms with van der Waals surface area (Å²) in [6, 6.07) is 3.18. The number of pyridine rings is 1. The van der Waals surface area contributed by atoms with Crippen LogP contribution in [0.5, 0.6) is 0 Å². The highest BCUT2D eigenvalue weighted by Gasteiger charge is 2.08. The van der Waals surface area contributed by atoms with Crippen LogP contribution in [-0.4, -0.2) is 20.9 Å². The van der Waals surface area contributed by atoms with E-state index >= 15 is 0 Å². The summed E-state index contributed by atoms with van der Waals surface area (Å²) in [5.74, 6) is 0.454. The number of imidazole rings is 1. The molecule has 6 nitrogen and oxygen atoms in total. The van der Waals surface area contributed by atoms with Crippen molar-refractivity contribution in [3.05, 3.63) is 35.8 Å². The molecule has 0 atom stereocenters. The van der Waals surface area contributed by atoms with E-state index in [0.29, 0.717) is 23.0 Å². The molecule has 0 aromatic carbocycles. The molecule has 1 amide bonds. The van der Waals surface area contributed by atoms with E-state index in [1.54, 1.807) is 25.4 Å². The number of aromatic amines is 1. The fourth-order valence-corrected chi connectivity index (χ4v) is 1.34. The molecule has 0 aliphatic heterocycles. The van der Waals surface area contributed by atoms with Crippen molar-refractivity contribution in [3.63, 3.8) is 0 Å². The summed E-state index contributed by atoms with van der Waals surface area (Å²) >= 11 is 0. The molecule has 0 spiro atoms. The molecule has 2 aromatic rings. The minimum atomic E-state index is -0.271. The Morgan fingerprint density at radius 1 is 1.50 bits per heavy atom. The van der Waals surface area contributed by atoms with Gasteiger partial charge >= 0.3 is 0 Å². The highest BCUT2D eigenvalue weighted by atomic mass is 16.1. The van der Waals surface area contributed by atoms with E-state index in [4.69, 9.17) is 5.73 Å². The summed E-state index contributed by atoms with van der Waals surface area (Å²) in [4.78, 5) is 22.4. The first-order valence-electron chi connectivity index (χ1n) is 4.70. The third kappa shape index (κ3) is 2.17. The first kappa shape index (κ1) is 10.2. The molecule has 0 bridgehead atoms. The minimum absolute atomic E-state index is 0.271. The number of aromatic nitrogens is 3. The summed E-state index contributed by atoms with van der Waals surface area (Å²) in [5, 5.41) is 2.60. The standard InChI is InChI=1S/C10H11N5O/c1-6-4-7(5-8(11)14-6)9(16)15-10-12-2-3-13-10/h2-5H,1H3,(H2,11,14)(H2,12,13,15,16). The fourth-order valence-electron chi connectivity index (χ4n) is 1.34. The summed E-state index contributed by atoms with van der Waals surface area (Å²) < 4.78 is 0. The van der Waals surface area contributed by atoms with E-state index in [9.17, 15) is 4.79 Å². The second-order valence-corrected chi connectivity index (χ2v) is 3.31. The zero-order valence-corrected chi connectivity index (χ0v) is 8.69. The predicted octanol–water partition coefficient (Wildman–Crippen LogP) is 0.948. The van der Waals surface area contributed by atoms with Gasteiger partial charge in [-0.3, -0.25) is 10.1 Å². The number of nitrogens with one attached hydrogen (secondary N) is 2. The number of hydrogen-bond donors (Lipinski definition) is 3. The van der Waals surface area contributed by atoms with Gasteiger partial charge in [-0.1, -0.05) is 0 Å². The normalized spacial score (nSPS) is 10.1. The smallest absolute Gasteiger partial charge is 0.258 e. The van der Waals surface area contributed by atoms with Crippen molar-refractivity contribution in [1.29, 1.82) is 0 Å². The van der Waals surface area contributed by atoms with Gasteiger partial charge in [0.05, 0.1) is 0 Å². The number of anilines is 2. The Bertz CT molecular complexity index is 486. The van der Waals surface area contributed by atoms with Gasteiger partial charge in [0.25, 0.3) is 5.91 Å². The van der Waals surface area contributed by atoms with Crippen molar-refractivity contribution in [2.75, 3.05) is 11.1 Å². The third-order valence-corrected chi connectivity index (χ3v) is 1.97. The Hall–Kier alpha value is -2.37. The molecule has 0 radical (unpaired) electrons. The Morgan fingerprint density at radius 3 is 2.94 bits per heavy atom. The Balaban J connectivity index is 2.21. The van der Waals surface area contributed by atoms with Crippen molar-refractivity contribution in [3.8, 4) is 0 Å². The van der Waals surface area contributed by atoms with Gasteiger partial charge in [-0.2, -0.15) is 0 Å². The van der Waals surface area contributed by atoms with E-state index < -0.39 is 0 Å². The highest BCUT2D eigenvalue weighted by Crippen LogP contribution is 2.08. The Kier molecular flexibility index (Phi) is 2.55. The van der Waals surface area contributed by atoms with Gasteiger partial charge < -0.3 is 10.7 Å². The number of H-pyrrole nitrogens is 1. The van der Waals surface area contributed by atoms with Crippen molar-refractivity contribution in [2.45, 2.75) is 6.92 Å². The lowest BCUT2D eigenvalue weighted by atomic mass is 10.2. The van der Waals surface area contributed by atoms with E-state index in [2.05, 4.69) is 20.3 Å². The van der Waals surface area contributed by atoms with Gasteiger partial charge in [0.15, 0.2) is 0 Å². The average molecular weight is 217 g/mol. The maximum atomic E-state index is 11.8. The molecule has 0 saturated heterocycles. The van der Waals surface area contributed by atoms with Crippen LogP contribution in [0.2, 0.25) is 0 Å². The van der Waals surface area contributed by atoms with Crippen LogP contribution in [0, 0.1) is 6.92 Å². The molecule has 0 fully saturated rings. The fraction of sp³-hybridized carbons (Fsp3) is 0.100. The van der Waals surface area contributed by atoms with E-state index in [0.717, 1.165) is 0 Å². The zero-order valence-electron chi connectivity index (χ0n) is 8.69. The maximum absolute atomic E-state index is 11.8. The number of amides is 1. The van der Waals surface area contributed by atoms with Gasteiger partial charge in [0.1, 0.15) is 5.82 Å². The maximum Gasteiger partial charge on any atom is 0.258 e. The van der Waals surface area contributed by atoms with E-state index in [1.807, 2.05) is 0 Å². The van der Waals surface area contributed by atoms with Crippen LogP contribution < -0.4 is 11.1 Å². The molecule has 2 aromatic heterocycles. The van der Waals surface area contributed by atoms with Crippen molar-refractivity contribution >= 4 is 17.7 Å². The summed E-state index contributed by atoms with van der Waals surface area (Å²) in [6.45, 7) is 1.78. The molecular weight excluding hydrogens is 206 g/mol. The first-order valence-corrected chi connectivity index (χ1v) is 4.70. The van der Waals surface area contributed by atoms with Crippen LogP contribution in [0.4, 0.5) is 11.8 Å². The van der Waals surface area contributed by atoms with Gasteiger partial charge in [0, 0.05) is 23.7 Å². The van der Waals surface area contributed by atoms with Crippen molar-refractivity contribution in [1.82, 2.24) is 15.0 Å². The monoisotopic (exact) mass is 217 g/mol. The minimum Gasteiger partial charge on any atom is -0.384 e. The molecule has 82 valence electrons. The molecule has 0 aliphatic carbocycles. The molecule has 6 heteroatoms. The SMILES string of the molecule is Cc1cc(C(=O)Nc2ncc[nH]2)cc(N)n1. The Morgan fingerprint density at radius 2 is 2.31 bits per heavy atom. The van der Waals surface area contributed by atoms with Gasteiger partial charge in [0.2, 0.25) is 5.95 Å². The quantitative estimate of drug-likeness (QED) is 0.697. The lowest BCUT2D eigenvalue weighted by Gasteiger charge is -2.03. The van der Waals surface area contributed by atoms with Crippen LogP contribution in [0.25, 0.3) is 0 Å². The number of carbonyl (C=O) groups excluding carboxylic acids is 1. The number of carbonyl (C=O) groups is 1. The van der Waals surface area contributed by atoms with Crippen molar-refractivity contribution < 1.29 is 4.79 Å². The second kappa shape index (κ2) is 4.01. The molecule has 4 N–H and O–H groups in total. The lowest BCUT2D eigenvalue weighted by molar-refractivity contribution is 0.102. The molecule has 0 unspecified atom stereocenters. The molecular formula is C10H11N5O. The van der Waals surface area contributed by atoms with E-state index in [1.165, 1.54) is 6.07 Å². The number of nitrogens with two attached hydrogens (primary N) is 1. The third-order valence-electron chi connectivity index (χ3n) is 1.97. The number of aryl methyl sites for hydroxylation is 1. The molecule has 0 saturated carbocycles. The lowest BCUT2D eigenvalue weighted by Crippen LogP contribution is -2.14. The average Bonchev–Trinajstić information content (AvgIpc) is 2.68. The predicted molar refractivity (Wildman–Crippen MR) is 59.9 cm³/mol. The molecule has 0 aliphatic rings. The van der Waals surface area contributed by atoms with Crippen LogP contribution in [-0.2, 0) is 0 Å².